The fourth-order valence-electron chi connectivity index (χ4n) is 7.99. The minimum absolute atomic E-state index is 0.0969. The molecule has 0 spiro atoms. The van der Waals surface area contributed by atoms with Gasteiger partial charge in [0, 0.05) is 23.7 Å². The fraction of sp³-hybridized carbons (Fsp3) is 0.550. The Kier molecular flexibility index (Phi) is 9.66. The Hall–Kier alpha value is -2.50. The SMILES string of the molecule is CC(=C/C=C/C(C)=C/C=C/C=C(C)/C=C/C=C(C)/C=C/C12OC1(C)CC(O)CC2(C)C)/C=C/C12OC1(C)CC(O)CC2(C)C. The van der Waals surface area contributed by atoms with Gasteiger partial charge in [-0.15, -0.1) is 0 Å². The molecule has 2 saturated heterocycles. The molecule has 0 aromatic carbocycles. The number of aliphatic hydroxyl groups is 2. The predicted molar refractivity (Wildman–Crippen MR) is 183 cm³/mol. The zero-order valence-electron chi connectivity index (χ0n) is 28.8. The molecule has 6 atom stereocenters. The van der Waals surface area contributed by atoms with Crippen LogP contribution in [0, 0.1) is 10.8 Å². The van der Waals surface area contributed by atoms with E-state index in [1.54, 1.807) is 0 Å². The van der Waals surface area contributed by atoms with Crippen molar-refractivity contribution in [1.82, 2.24) is 0 Å². The van der Waals surface area contributed by atoms with Crippen LogP contribution in [-0.2, 0) is 9.47 Å². The fourth-order valence-corrected chi connectivity index (χ4v) is 7.99. The molecule has 44 heavy (non-hydrogen) atoms. The summed E-state index contributed by atoms with van der Waals surface area (Å²) in [6.07, 6.45) is 32.0. The molecule has 2 N–H and O–H groups in total. The quantitative estimate of drug-likeness (QED) is 0.194. The lowest BCUT2D eigenvalue weighted by Crippen LogP contribution is -2.46. The van der Waals surface area contributed by atoms with Crippen LogP contribution in [0.3, 0.4) is 0 Å². The molecule has 0 bridgehead atoms. The maximum atomic E-state index is 10.3. The van der Waals surface area contributed by atoms with Gasteiger partial charge in [0.2, 0.25) is 0 Å². The Morgan fingerprint density at radius 3 is 1.16 bits per heavy atom. The van der Waals surface area contributed by atoms with Crippen LogP contribution in [0.2, 0.25) is 0 Å². The van der Waals surface area contributed by atoms with Gasteiger partial charge >= 0.3 is 0 Å². The van der Waals surface area contributed by atoms with Crippen molar-refractivity contribution in [2.45, 2.75) is 130 Å². The lowest BCUT2D eigenvalue weighted by atomic mass is 9.63. The third-order valence-corrected chi connectivity index (χ3v) is 10.4. The summed E-state index contributed by atoms with van der Waals surface area (Å²) in [7, 11) is 0. The second kappa shape index (κ2) is 12.4. The molecule has 2 heterocycles. The third-order valence-electron chi connectivity index (χ3n) is 10.4. The number of allylic oxidation sites excluding steroid dienone is 16. The molecule has 2 saturated carbocycles. The number of hydrogen-bond donors (Lipinski definition) is 2. The zero-order valence-corrected chi connectivity index (χ0v) is 28.8. The highest BCUT2D eigenvalue weighted by Gasteiger charge is 2.75. The normalized spacial score (nSPS) is 39.2. The first-order chi connectivity index (χ1) is 20.4. The van der Waals surface area contributed by atoms with Gasteiger partial charge in [0.1, 0.15) is 22.4 Å². The Bertz CT molecular complexity index is 1270. The molecule has 0 radical (unpaired) electrons. The van der Waals surface area contributed by atoms with E-state index in [0.717, 1.165) is 12.8 Å². The summed E-state index contributed by atoms with van der Waals surface area (Å²) in [5.74, 6) is 0. The van der Waals surface area contributed by atoms with Gasteiger partial charge in [-0.2, -0.15) is 0 Å². The summed E-state index contributed by atoms with van der Waals surface area (Å²) in [5.41, 5.74) is 3.36. The molecule has 0 amide bonds. The molecule has 4 heteroatoms. The zero-order chi connectivity index (χ0) is 32.6. The van der Waals surface area contributed by atoms with Crippen LogP contribution in [0.5, 0.6) is 0 Å². The van der Waals surface area contributed by atoms with E-state index in [1.165, 1.54) is 22.3 Å². The van der Waals surface area contributed by atoms with E-state index >= 15 is 0 Å². The smallest absolute Gasteiger partial charge is 0.121 e. The van der Waals surface area contributed by atoms with Gasteiger partial charge < -0.3 is 19.7 Å². The number of epoxide rings is 2. The molecular formula is C40H56O4. The largest absolute Gasteiger partial charge is 0.393 e. The molecule has 4 fully saturated rings. The van der Waals surface area contributed by atoms with Crippen molar-refractivity contribution in [2.75, 3.05) is 0 Å². The van der Waals surface area contributed by atoms with Crippen molar-refractivity contribution in [3.8, 4) is 0 Å². The summed E-state index contributed by atoms with van der Waals surface area (Å²) < 4.78 is 12.5. The Balaban J connectivity index is 1.25. The molecular weight excluding hydrogens is 544 g/mol. The summed E-state index contributed by atoms with van der Waals surface area (Å²) in [6, 6.07) is 0. The van der Waals surface area contributed by atoms with Gasteiger partial charge in [0.25, 0.3) is 0 Å². The Morgan fingerprint density at radius 2 is 0.818 bits per heavy atom. The second-order valence-corrected chi connectivity index (χ2v) is 15.4. The predicted octanol–water partition coefficient (Wildman–Crippen LogP) is 8.97. The maximum Gasteiger partial charge on any atom is 0.121 e. The lowest BCUT2D eigenvalue weighted by Gasteiger charge is -2.39. The highest BCUT2D eigenvalue weighted by molar-refractivity contribution is 5.38. The monoisotopic (exact) mass is 600 g/mol. The highest BCUT2D eigenvalue weighted by atomic mass is 16.6. The molecule has 4 aliphatic rings. The van der Waals surface area contributed by atoms with E-state index < -0.39 is 0 Å². The van der Waals surface area contributed by atoms with Gasteiger partial charge in [0.15, 0.2) is 0 Å². The second-order valence-electron chi connectivity index (χ2n) is 15.4. The van der Waals surface area contributed by atoms with E-state index in [4.69, 9.17) is 9.47 Å². The topological polar surface area (TPSA) is 65.5 Å². The van der Waals surface area contributed by atoms with Gasteiger partial charge in [-0.05, 0) is 66.5 Å². The van der Waals surface area contributed by atoms with Crippen LogP contribution in [0.4, 0.5) is 0 Å². The summed E-state index contributed by atoms with van der Waals surface area (Å²) in [4.78, 5) is 0. The minimum atomic E-state index is -0.294. The number of ether oxygens (including phenoxy) is 2. The van der Waals surface area contributed by atoms with Crippen molar-refractivity contribution >= 4 is 0 Å². The molecule has 2 aliphatic carbocycles. The Labute approximate surface area is 267 Å². The van der Waals surface area contributed by atoms with Gasteiger partial charge in [-0.25, -0.2) is 0 Å². The lowest BCUT2D eigenvalue weighted by molar-refractivity contribution is 0.0510. The van der Waals surface area contributed by atoms with Crippen LogP contribution in [0.25, 0.3) is 0 Å². The van der Waals surface area contributed by atoms with Crippen molar-refractivity contribution in [3.05, 3.63) is 107 Å². The number of rotatable bonds is 10. The number of aliphatic hydroxyl groups excluding tert-OH is 2. The molecule has 2 aliphatic heterocycles. The first-order valence-electron chi connectivity index (χ1n) is 16.3. The summed E-state index contributed by atoms with van der Waals surface area (Å²) >= 11 is 0. The minimum Gasteiger partial charge on any atom is -0.393 e. The standard InChI is InChI=1S/C40H56O4/c1-29(17-13-19-31(3)21-23-39-35(5,6)25-33(41)27-37(39,9)43-39)15-11-12-16-30(2)18-14-20-32(4)22-24-40-36(7,8)26-34(42)28-38(40,10)44-40/h11-24,33-34,41-42H,25-28H2,1-10H3/b12-11+,17-13+,18-14+,23-21+,24-22+,29-15+,30-16+,31-19-,32-20+. The first-order valence-corrected chi connectivity index (χ1v) is 16.3. The average molecular weight is 601 g/mol. The van der Waals surface area contributed by atoms with Crippen LogP contribution >= 0.6 is 0 Å². The van der Waals surface area contributed by atoms with E-state index in [-0.39, 0.29) is 45.4 Å². The number of fused-ring (bicyclic) bond motifs is 2. The highest BCUT2D eigenvalue weighted by Crippen LogP contribution is 2.67. The van der Waals surface area contributed by atoms with Crippen molar-refractivity contribution in [3.63, 3.8) is 0 Å². The molecule has 4 nitrogen and oxygen atoms in total. The molecule has 6 unspecified atom stereocenters. The Morgan fingerprint density at radius 1 is 0.500 bits per heavy atom. The van der Waals surface area contributed by atoms with E-state index in [2.05, 4.69) is 154 Å². The van der Waals surface area contributed by atoms with Crippen LogP contribution in [-0.4, -0.2) is 44.8 Å². The van der Waals surface area contributed by atoms with Crippen molar-refractivity contribution in [2.24, 2.45) is 10.8 Å². The van der Waals surface area contributed by atoms with Crippen LogP contribution in [0.1, 0.15) is 94.9 Å². The molecule has 0 aromatic rings. The van der Waals surface area contributed by atoms with Crippen molar-refractivity contribution < 1.29 is 19.7 Å². The van der Waals surface area contributed by atoms with Crippen molar-refractivity contribution in [1.29, 1.82) is 0 Å². The van der Waals surface area contributed by atoms with Gasteiger partial charge in [-0.3, -0.25) is 0 Å². The molecule has 240 valence electrons. The van der Waals surface area contributed by atoms with E-state index in [0.29, 0.717) is 12.8 Å². The third kappa shape index (κ3) is 6.84. The average Bonchev–Trinajstić information content (AvgIpc) is 3.73. The van der Waals surface area contributed by atoms with Crippen LogP contribution in [0.15, 0.2) is 107 Å². The van der Waals surface area contributed by atoms with E-state index in [1.807, 2.05) is 0 Å². The van der Waals surface area contributed by atoms with E-state index in [9.17, 15) is 10.2 Å². The maximum absolute atomic E-state index is 10.3. The molecule has 0 aromatic heterocycles. The summed E-state index contributed by atoms with van der Waals surface area (Å²) in [5, 5.41) is 20.5. The van der Waals surface area contributed by atoms with Gasteiger partial charge in [-0.1, -0.05) is 123 Å². The summed E-state index contributed by atoms with van der Waals surface area (Å²) in [6.45, 7) is 21.4. The van der Waals surface area contributed by atoms with Gasteiger partial charge in [0.05, 0.1) is 12.2 Å². The number of hydrogen-bond acceptors (Lipinski definition) is 4. The first kappa shape index (κ1) is 34.4. The van der Waals surface area contributed by atoms with Crippen LogP contribution < -0.4 is 0 Å². The molecule has 4 rings (SSSR count).